The van der Waals surface area contributed by atoms with E-state index < -0.39 is 0 Å². The summed E-state index contributed by atoms with van der Waals surface area (Å²) in [6, 6.07) is 23.0. The number of nitrogen functional groups attached to an aromatic ring is 1. The Balaban J connectivity index is 1.02. The van der Waals surface area contributed by atoms with Gasteiger partial charge in [-0.2, -0.15) is 0 Å². The number of amides is 2. The molecular weight excluding hydrogens is 552 g/mol. The molecule has 0 aliphatic carbocycles. The maximum absolute atomic E-state index is 13.2. The smallest absolute Gasteiger partial charge is 0.253 e. The Morgan fingerprint density at radius 3 is 2.30 bits per heavy atom. The van der Waals surface area contributed by atoms with Gasteiger partial charge >= 0.3 is 0 Å². The van der Waals surface area contributed by atoms with Crippen LogP contribution in [0.3, 0.4) is 0 Å². The molecular formula is C35H38N6O3. The molecule has 2 saturated heterocycles. The van der Waals surface area contributed by atoms with Crippen molar-refractivity contribution < 1.29 is 14.3 Å². The molecule has 0 unspecified atom stereocenters. The van der Waals surface area contributed by atoms with E-state index in [1.165, 1.54) is 25.9 Å². The summed E-state index contributed by atoms with van der Waals surface area (Å²) in [6.45, 7) is 4.66. The van der Waals surface area contributed by atoms with Crippen LogP contribution in [0.5, 0.6) is 5.75 Å². The lowest BCUT2D eigenvalue weighted by Gasteiger charge is -2.36. The molecule has 6 rings (SSSR count). The van der Waals surface area contributed by atoms with Gasteiger partial charge in [0, 0.05) is 48.2 Å². The van der Waals surface area contributed by atoms with Crippen LogP contribution in [0.15, 0.2) is 85.2 Å². The van der Waals surface area contributed by atoms with Crippen molar-refractivity contribution >= 4 is 17.6 Å². The van der Waals surface area contributed by atoms with Crippen molar-refractivity contribution in [1.29, 1.82) is 0 Å². The maximum atomic E-state index is 13.2. The Bertz CT molecular complexity index is 1560. The van der Waals surface area contributed by atoms with Crippen LogP contribution in [0.1, 0.15) is 57.7 Å². The van der Waals surface area contributed by atoms with Gasteiger partial charge in [-0.3, -0.25) is 14.6 Å². The number of nitrogens with zero attached hydrogens (tertiary/aromatic N) is 4. The molecule has 4 aromatic rings. The minimum atomic E-state index is -0.168. The summed E-state index contributed by atoms with van der Waals surface area (Å²) in [6.07, 6.45) is 8.11. The van der Waals surface area contributed by atoms with Crippen molar-refractivity contribution in [3.05, 3.63) is 108 Å². The number of carbonyl (C=O) groups is 2. The number of aromatic nitrogens is 2. The van der Waals surface area contributed by atoms with Crippen molar-refractivity contribution in [2.45, 2.75) is 44.9 Å². The molecule has 2 aromatic carbocycles. The van der Waals surface area contributed by atoms with Crippen LogP contribution >= 0.6 is 0 Å². The standard InChI is InChI=1S/C35H38N6O3/c36-33-32(44-24-25-6-8-27(9-7-25)34(42)39-23-30-5-1-2-16-37-30)21-29(22-38-33)26-10-12-28(13-11-26)35(43)41-19-14-31(15-20-41)40-17-3-4-18-40/h1-2,5-13,16,21-22,31H,3-4,14-15,17-20,23-24H2,(H2,36,38)(H,39,42). The largest absolute Gasteiger partial charge is 0.485 e. The number of rotatable bonds is 9. The van der Waals surface area contributed by atoms with Crippen LogP contribution < -0.4 is 15.8 Å². The van der Waals surface area contributed by atoms with E-state index in [2.05, 4.69) is 20.2 Å². The average Bonchev–Trinajstić information content (AvgIpc) is 3.63. The summed E-state index contributed by atoms with van der Waals surface area (Å²) in [5, 5.41) is 2.88. The van der Waals surface area contributed by atoms with E-state index in [0.717, 1.165) is 48.3 Å². The molecule has 3 N–H and O–H groups in total. The third-order valence-electron chi connectivity index (χ3n) is 8.52. The van der Waals surface area contributed by atoms with Crippen LogP contribution in [0.25, 0.3) is 11.1 Å². The second kappa shape index (κ2) is 13.7. The Morgan fingerprint density at radius 1 is 0.864 bits per heavy atom. The molecule has 2 aliphatic rings. The molecule has 44 heavy (non-hydrogen) atoms. The SMILES string of the molecule is Nc1ncc(-c2ccc(C(=O)N3CCC(N4CCCC4)CC3)cc2)cc1OCc1ccc(C(=O)NCc2ccccn2)cc1. The number of nitrogens with one attached hydrogen (secondary N) is 1. The first kappa shape index (κ1) is 29.3. The number of pyridine rings is 2. The average molecular weight is 591 g/mol. The summed E-state index contributed by atoms with van der Waals surface area (Å²) in [5.74, 6) is 0.691. The molecule has 2 amide bonds. The van der Waals surface area contributed by atoms with Crippen LogP contribution in [-0.2, 0) is 13.2 Å². The van der Waals surface area contributed by atoms with Gasteiger partial charge in [0.15, 0.2) is 11.6 Å². The van der Waals surface area contributed by atoms with E-state index in [-0.39, 0.29) is 18.4 Å². The number of ether oxygens (including phenoxy) is 1. The number of piperidine rings is 1. The Kier molecular flexibility index (Phi) is 9.12. The second-order valence-electron chi connectivity index (χ2n) is 11.4. The highest BCUT2D eigenvalue weighted by Crippen LogP contribution is 2.29. The fourth-order valence-corrected chi connectivity index (χ4v) is 5.95. The molecule has 0 radical (unpaired) electrons. The Morgan fingerprint density at radius 2 is 1.59 bits per heavy atom. The highest BCUT2D eigenvalue weighted by molar-refractivity contribution is 5.95. The molecule has 9 nitrogen and oxygen atoms in total. The summed E-state index contributed by atoms with van der Waals surface area (Å²) in [5.41, 5.74) is 10.8. The van der Waals surface area contributed by atoms with E-state index in [9.17, 15) is 9.59 Å². The lowest BCUT2D eigenvalue weighted by atomic mass is 10.0. The van der Waals surface area contributed by atoms with E-state index in [1.54, 1.807) is 24.5 Å². The topological polar surface area (TPSA) is 114 Å². The molecule has 226 valence electrons. The summed E-state index contributed by atoms with van der Waals surface area (Å²) >= 11 is 0. The highest BCUT2D eigenvalue weighted by Gasteiger charge is 2.28. The van der Waals surface area contributed by atoms with E-state index in [1.807, 2.05) is 65.6 Å². The van der Waals surface area contributed by atoms with Crippen LogP contribution in [0, 0.1) is 0 Å². The fourth-order valence-electron chi connectivity index (χ4n) is 5.95. The molecule has 0 spiro atoms. The number of anilines is 1. The van der Waals surface area contributed by atoms with Gasteiger partial charge in [0.25, 0.3) is 11.8 Å². The van der Waals surface area contributed by atoms with Gasteiger partial charge in [0.1, 0.15) is 6.61 Å². The van der Waals surface area contributed by atoms with Gasteiger partial charge in [0.05, 0.1) is 12.2 Å². The summed E-state index contributed by atoms with van der Waals surface area (Å²) in [7, 11) is 0. The fraction of sp³-hybridized carbons (Fsp3) is 0.314. The van der Waals surface area contributed by atoms with Crippen LogP contribution in [-0.4, -0.2) is 63.8 Å². The zero-order valence-electron chi connectivity index (χ0n) is 24.8. The zero-order chi connectivity index (χ0) is 30.3. The van der Waals surface area contributed by atoms with E-state index >= 15 is 0 Å². The molecule has 0 bridgehead atoms. The molecule has 2 aromatic heterocycles. The molecule has 0 saturated carbocycles. The predicted molar refractivity (Wildman–Crippen MR) is 170 cm³/mol. The second-order valence-corrected chi connectivity index (χ2v) is 11.4. The lowest BCUT2D eigenvalue weighted by Crippen LogP contribution is -2.45. The van der Waals surface area contributed by atoms with Gasteiger partial charge in [-0.1, -0.05) is 30.3 Å². The zero-order valence-corrected chi connectivity index (χ0v) is 24.8. The van der Waals surface area contributed by atoms with Crippen molar-refractivity contribution in [3.8, 4) is 16.9 Å². The van der Waals surface area contributed by atoms with Gasteiger partial charge in [-0.15, -0.1) is 0 Å². The molecule has 4 heterocycles. The lowest BCUT2D eigenvalue weighted by molar-refractivity contribution is 0.0644. The third kappa shape index (κ3) is 7.06. The van der Waals surface area contributed by atoms with Crippen molar-refractivity contribution in [1.82, 2.24) is 25.1 Å². The van der Waals surface area contributed by atoms with Gasteiger partial charge in [-0.25, -0.2) is 4.98 Å². The Labute approximate surface area is 258 Å². The highest BCUT2D eigenvalue weighted by atomic mass is 16.5. The normalized spacial score (nSPS) is 15.7. The number of hydrogen-bond donors (Lipinski definition) is 2. The third-order valence-corrected chi connectivity index (χ3v) is 8.52. The van der Waals surface area contributed by atoms with Crippen molar-refractivity contribution in [2.75, 3.05) is 31.9 Å². The van der Waals surface area contributed by atoms with Crippen LogP contribution in [0.2, 0.25) is 0 Å². The number of carbonyl (C=O) groups excluding carboxylic acids is 2. The Hall–Kier alpha value is -4.76. The number of nitrogens with two attached hydrogens (primary N) is 1. The first-order valence-corrected chi connectivity index (χ1v) is 15.3. The van der Waals surface area contributed by atoms with E-state index in [0.29, 0.717) is 35.3 Å². The molecule has 2 fully saturated rings. The number of benzene rings is 2. The first-order chi connectivity index (χ1) is 21.5. The first-order valence-electron chi connectivity index (χ1n) is 15.3. The molecule has 9 heteroatoms. The minimum Gasteiger partial charge on any atom is -0.485 e. The van der Waals surface area contributed by atoms with E-state index in [4.69, 9.17) is 10.5 Å². The maximum Gasteiger partial charge on any atom is 0.253 e. The summed E-state index contributed by atoms with van der Waals surface area (Å²) < 4.78 is 6.02. The summed E-state index contributed by atoms with van der Waals surface area (Å²) in [4.78, 5) is 38.8. The number of hydrogen-bond acceptors (Lipinski definition) is 7. The van der Waals surface area contributed by atoms with Crippen LogP contribution in [0.4, 0.5) is 5.82 Å². The van der Waals surface area contributed by atoms with Gasteiger partial charge < -0.3 is 25.6 Å². The monoisotopic (exact) mass is 590 g/mol. The number of likely N-dealkylation sites (tertiary alicyclic amines) is 2. The quantitative estimate of drug-likeness (QED) is 0.284. The minimum absolute atomic E-state index is 0.0903. The molecule has 0 atom stereocenters. The van der Waals surface area contributed by atoms with Gasteiger partial charge in [0.2, 0.25) is 0 Å². The van der Waals surface area contributed by atoms with Crippen molar-refractivity contribution in [3.63, 3.8) is 0 Å². The predicted octanol–water partition coefficient (Wildman–Crippen LogP) is 4.94. The van der Waals surface area contributed by atoms with Gasteiger partial charge in [-0.05, 0) is 92.4 Å². The molecule has 2 aliphatic heterocycles. The van der Waals surface area contributed by atoms with Crippen molar-refractivity contribution in [2.24, 2.45) is 0 Å².